The topological polar surface area (TPSA) is 16.4 Å². The van der Waals surface area contributed by atoms with Crippen molar-refractivity contribution in [3.05, 3.63) is 36.1 Å². The normalized spacial score (nSPS) is 18.0. The van der Waals surface area contributed by atoms with Crippen LogP contribution in [-0.2, 0) is 6.54 Å². The molecule has 1 aliphatic carbocycles. The summed E-state index contributed by atoms with van der Waals surface area (Å²) in [4.78, 5) is 2.48. The van der Waals surface area contributed by atoms with Gasteiger partial charge in [-0.15, -0.1) is 0 Å². The van der Waals surface area contributed by atoms with E-state index >= 15 is 0 Å². The Hall–Kier alpha value is -1.28. The first-order valence-corrected chi connectivity index (χ1v) is 6.12. The summed E-state index contributed by atoms with van der Waals surface area (Å²) in [5.74, 6) is 2.09. The maximum atomic E-state index is 5.86. The molecule has 2 aliphatic heterocycles. The largest absolute Gasteiger partial charge is 0.460 e. The molecule has 0 aromatic carbocycles. The molecule has 0 saturated carbocycles. The Morgan fingerprint density at radius 3 is 2.75 bits per heavy atom. The second-order valence-electron chi connectivity index (χ2n) is 4.58. The first-order chi connectivity index (χ1) is 7.92. The van der Waals surface area contributed by atoms with Crippen molar-refractivity contribution in [2.75, 3.05) is 13.1 Å². The van der Waals surface area contributed by atoms with Gasteiger partial charge in [-0.05, 0) is 44.1 Å². The lowest BCUT2D eigenvalue weighted by molar-refractivity contribution is 0.204. The summed E-state index contributed by atoms with van der Waals surface area (Å²) in [5.41, 5.74) is 1.20. The van der Waals surface area contributed by atoms with Crippen molar-refractivity contribution in [2.24, 2.45) is 0 Å². The van der Waals surface area contributed by atoms with Gasteiger partial charge in [0, 0.05) is 5.56 Å². The molecule has 3 aliphatic rings. The van der Waals surface area contributed by atoms with Gasteiger partial charge in [-0.1, -0.05) is 18.6 Å². The van der Waals surface area contributed by atoms with Crippen LogP contribution in [0.1, 0.15) is 25.0 Å². The van der Waals surface area contributed by atoms with Crippen LogP contribution in [0.5, 0.6) is 0 Å². The van der Waals surface area contributed by atoms with Crippen LogP contribution in [0.2, 0.25) is 0 Å². The Labute approximate surface area is 96.2 Å². The molecule has 84 valence electrons. The van der Waals surface area contributed by atoms with E-state index in [1.54, 1.807) is 0 Å². The van der Waals surface area contributed by atoms with E-state index < -0.39 is 0 Å². The highest BCUT2D eigenvalue weighted by atomic mass is 16.3. The van der Waals surface area contributed by atoms with E-state index in [-0.39, 0.29) is 0 Å². The van der Waals surface area contributed by atoms with Crippen LogP contribution in [0.15, 0.2) is 34.7 Å². The third-order valence-electron chi connectivity index (χ3n) is 3.33. The number of fused-ring (bicyclic) bond motifs is 1. The van der Waals surface area contributed by atoms with E-state index in [0.29, 0.717) is 0 Å². The SMILES string of the molecule is c1cc2ccc(CN3CCCCC3)oc-2c1. The first-order valence-electron chi connectivity index (χ1n) is 6.12. The zero-order valence-corrected chi connectivity index (χ0v) is 9.48. The Bertz CT molecular complexity index is 428. The van der Waals surface area contributed by atoms with Crippen LogP contribution in [-0.4, -0.2) is 18.0 Å². The molecule has 2 nitrogen and oxygen atoms in total. The minimum atomic E-state index is 0.959. The standard InChI is InChI=1S/C14H17NO/c1-2-9-15(10-3-1)11-13-8-7-12-5-4-6-14(12)16-13/h4-8H,1-3,9-11H2. The molecule has 0 N–H and O–H groups in total. The molecule has 0 unspecified atom stereocenters. The summed E-state index contributed by atoms with van der Waals surface area (Å²) in [7, 11) is 0. The number of likely N-dealkylation sites (tertiary alicyclic amines) is 1. The summed E-state index contributed by atoms with van der Waals surface area (Å²) in [6, 6.07) is 10.4. The Morgan fingerprint density at radius 2 is 1.88 bits per heavy atom. The van der Waals surface area contributed by atoms with E-state index in [0.717, 1.165) is 18.1 Å². The second-order valence-corrected chi connectivity index (χ2v) is 4.58. The van der Waals surface area contributed by atoms with Crippen molar-refractivity contribution in [3.8, 4) is 11.3 Å². The van der Waals surface area contributed by atoms with Crippen LogP contribution in [0, 0.1) is 0 Å². The van der Waals surface area contributed by atoms with Gasteiger partial charge in [0.15, 0.2) is 0 Å². The summed E-state index contributed by atoms with van der Waals surface area (Å²) < 4.78 is 5.86. The van der Waals surface area contributed by atoms with E-state index in [1.807, 2.05) is 12.1 Å². The first kappa shape index (κ1) is 9.91. The van der Waals surface area contributed by atoms with Crippen LogP contribution in [0.4, 0.5) is 0 Å². The maximum Gasteiger partial charge on any atom is 0.134 e. The summed E-state index contributed by atoms with van der Waals surface area (Å²) in [6.45, 7) is 3.39. The zero-order chi connectivity index (χ0) is 10.8. The zero-order valence-electron chi connectivity index (χ0n) is 9.48. The Morgan fingerprint density at radius 1 is 1.00 bits per heavy atom. The van der Waals surface area contributed by atoms with E-state index in [2.05, 4.69) is 23.1 Å². The highest BCUT2D eigenvalue weighted by Gasteiger charge is 2.12. The van der Waals surface area contributed by atoms with Crippen LogP contribution >= 0.6 is 0 Å². The van der Waals surface area contributed by atoms with Crippen molar-refractivity contribution < 1.29 is 4.42 Å². The quantitative estimate of drug-likeness (QED) is 0.763. The summed E-state index contributed by atoms with van der Waals surface area (Å²) in [6.07, 6.45) is 4.05. The third-order valence-corrected chi connectivity index (χ3v) is 3.33. The van der Waals surface area contributed by atoms with Crippen molar-refractivity contribution in [1.82, 2.24) is 4.90 Å². The fourth-order valence-electron chi connectivity index (χ4n) is 2.43. The van der Waals surface area contributed by atoms with Gasteiger partial charge in [-0.2, -0.15) is 0 Å². The molecule has 0 amide bonds. The van der Waals surface area contributed by atoms with Crippen molar-refractivity contribution >= 4 is 0 Å². The van der Waals surface area contributed by atoms with Crippen molar-refractivity contribution in [1.29, 1.82) is 0 Å². The number of rotatable bonds is 2. The predicted molar refractivity (Wildman–Crippen MR) is 64.5 cm³/mol. The number of nitrogens with zero attached hydrogens (tertiary/aromatic N) is 1. The number of piperidine rings is 1. The molecule has 0 aromatic heterocycles. The molecule has 1 fully saturated rings. The van der Waals surface area contributed by atoms with Gasteiger partial charge in [0.05, 0.1) is 6.54 Å². The molecule has 2 heteroatoms. The molecule has 0 radical (unpaired) electrons. The average molecular weight is 215 g/mol. The van der Waals surface area contributed by atoms with E-state index in [4.69, 9.17) is 4.42 Å². The molecule has 0 spiro atoms. The lowest BCUT2D eigenvalue weighted by atomic mass is 10.1. The van der Waals surface area contributed by atoms with Gasteiger partial charge < -0.3 is 4.42 Å². The van der Waals surface area contributed by atoms with Gasteiger partial charge >= 0.3 is 0 Å². The highest BCUT2D eigenvalue weighted by molar-refractivity contribution is 5.59. The fourth-order valence-corrected chi connectivity index (χ4v) is 2.43. The highest BCUT2D eigenvalue weighted by Crippen LogP contribution is 2.25. The number of hydrogen-bond donors (Lipinski definition) is 0. The van der Waals surface area contributed by atoms with Gasteiger partial charge in [0.25, 0.3) is 0 Å². The third kappa shape index (κ3) is 1.98. The van der Waals surface area contributed by atoms with Crippen LogP contribution < -0.4 is 0 Å². The van der Waals surface area contributed by atoms with Crippen LogP contribution in [0.3, 0.4) is 0 Å². The van der Waals surface area contributed by atoms with E-state index in [9.17, 15) is 0 Å². The lowest BCUT2D eigenvalue weighted by Gasteiger charge is -2.25. The Balaban J connectivity index is 1.76. The molecular formula is C14H17NO. The van der Waals surface area contributed by atoms with E-state index in [1.165, 1.54) is 37.9 Å². The molecule has 3 rings (SSSR count). The van der Waals surface area contributed by atoms with Gasteiger partial charge in [0.1, 0.15) is 11.5 Å². The van der Waals surface area contributed by atoms with Gasteiger partial charge in [0.2, 0.25) is 0 Å². The van der Waals surface area contributed by atoms with Crippen molar-refractivity contribution in [3.63, 3.8) is 0 Å². The minimum Gasteiger partial charge on any atom is -0.460 e. The molecule has 1 saturated heterocycles. The lowest BCUT2D eigenvalue weighted by Crippen LogP contribution is -2.29. The predicted octanol–water partition coefficient (Wildman–Crippen LogP) is 3.37. The monoisotopic (exact) mass is 215 g/mol. The van der Waals surface area contributed by atoms with Crippen molar-refractivity contribution in [2.45, 2.75) is 25.8 Å². The van der Waals surface area contributed by atoms with Gasteiger partial charge in [-0.3, -0.25) is 4.90 Å². The summed E-state index contributed by atoms with van der Waals surface area (Å²) in [5, 5.41) is 0. The van der Waals surface area contributed by atoms with Crippen LogP contribution in [0.25, 0.3) is 11.3 Å². The molecule has 2 heterocycles. The molecule has 16 heavy (non-hydrogen) atoms. The maximum absolute atomic E-state index is 5.86. The molecule has 0 bridgehead atoms. The minimum absolute atomic E-state index is 0.959. The van der Waals surface area contributed by atoms with Gasteiger partial charge in [-0.25, -0.2) is 0 Å². The number of hydrogen-bond acceptors (Lipinski definition) is 2. The smallest absolute Gasteiger partial charge is 0.134 e. The Kier molecular flexibility index (Phi) is 2.66. The molecule has 0 aromatic rings. The summed E-state index contributed by atoms with van der Waals surface area (Å²) >= 11 is 0. The molecule has 0 atom stereocenters. The molecular weight excluding hydrogens is 198 g/mol. The fraction of sp³-hybridized carbons (Fsp3) is 0.429. The average Bonchev–Trinajstić information content (AvgIpc) is 2.77. The second kappa shape index (κ2) is 4.30.